The second-order valence-electron chi connectivity index (χ2n) is 5.30. The molecule has 3 rings (SSSR count). The number of thiazole rings is 1. The van der Waals surface area contributed by atoms with Crippen LogP contribution in [0.4, 0.5) is 24.5 Å². The lowest BCUT2D eigenvalue weighted by atomic mass is 10.1. The first-order valence-electron chi connectivity index (χ1n) is 7.31. The van der Waals surface area contributed by atoms with Gasteiger partial charge in [-0.1, -0.05) is 11.6 Å². The summed E-state index contributed by atoms with van der Waals surface area (Å²) < 4.78 is 45.2. The van der Waals surface area contributed by atoms with Crippen LogP contribution in [0.3, 0.4) is 0 Å². The largest absolute Gasteiger partial charge is 0.416 e. The minimum Gasteiger partial charge on any atom is -0.380 e. The molecular weight excluding hydrogens is 363 g/mol. The van der Waals surface area contributed by atoms with Gasteiger partial charge in [-0.25, -0.2) is 4.98 Å². The summed E-state index contributed by atoms with van der Waals surface area (Å²) >= 11 is 7.06. The SMILES string of the molecule is FC(F)(F)c1cc(NCc2cnc(Cl)s2)cc(N2CCOCC2)c1. The Bertz CT molecular complexity index is 702. The van der Waals surface area contributed by atoms with Crippen molar-refractivity contribution in [3.05, 3.63) is 39.3 Å². The highest BCUT2D eigenvalue weighted by atomic mass is 35.5. The molecule has 0 unspecified atom stereocenters. The van der Waals surface area contributed by atoms with Gasteiger partial charge in [-0.15, -0.1) is 11.3 Å². The smallest absolute Gasteiger partial charge is 0.380 e. The first-order chi connectivity index (χ1) is 11.4. The molecule has 1 aromatic heterocycles. The molecule has 2 aromatic rings. The molecule has 4 nitrogen and oxygen atoms in total. The molecule has 1 aliphatic rings. The highest BCUT2D eigenvalue weighted by molar-refractivity contribution is 7.15. The number of nitrogens with zero attached hydrogens (tertiary/aromatic N) is 2. The monoisotopic (exact) mass is 377 g/mol. The summed E-state index contributed by atoms with van der Waals surface area (Å²) in [6, 6.07) is 4.02. The Morgan fingerprint density at radius 2 is 2.00 bits per heavy atom. The van der Waals surface area contributed by atoms with Crippen LogP contribution in [0.15, 0.2) is 24.4 Å². The van der Waals surface area contributed by atoms with Crippen molar-refractivity contribution in [3.8, 4) is 0 Å². The maximum absolute atomic E-state index is 13.2. The van der Waals surface area contributed by atoms with Crippen LogP contribution < -0.4 is 10.2 Å². The topological polar surface area (TPSA) is 37.4 Å². The van der Waals surface area contributed by atoms with Gasteiger partial charge in [-0.3, -0.25) is 0 Å². The van der Waals surface area contributed by atoms with E-state index in [1.165, 1.54) is 17.4 Å². The predicted molar refractivity (Wildman–Crippen MR) is 88.9 cm³/mol. The first-order valence-corrected chi connectivity index (χ1v) is 8.50. The standard InChI is InChI=1S/C15H15ClF3N3OS/c16-14-21-9-13(24-14)8-20-11-5-10(15(17,18)19)6-12(7-11)22-1-3-23-4-2-22/h5-7,9,20H,1-4,8H2. The van der Waals surface area contributed by atoms with E-state index in [1.54, 1.807) is 12.3 Å². The van der Waals surface area contributed by atoms with E-state index in [-0.39, 0.29) is 0 Å². The maximum Gasteiger partial charge on any atom is 0.416 e. The molecular formula is C15H15ClF3N3OS. The fourth-order valence-electron chi connectivity index (χ4n) is 2.44. The summed E-state index contributed by atoms with van der Waals surface area (Å²) in [4.78, 5) is 6.67. The molecule has 0 aliphatic carbocycles. The molecule has 0 spiro atoms. The van der Waals surface area contributed by atoms with Crippen molar-refractivity contribution >= 4 is 34.3 Å². The third-order valence-corrected chi connectivity index (χ3v) is 4.73. The summed E-state index contributed by atoms with van der Waals surface area (Å²) in [6.07, 6.45) is -2.79. The van der Waals surface area contributed by atoms with Gasteiger partial charge >= 0.3 is 6.18 Å². The van der Waals surface area contributed by atoms with Crippen molar-refractivity contribution in [2.45, 2.75) is 12.7 Å². The average Bonchev–Trinajstić information content (AvgIpc) is 2.98. The van der Waals surface area contributed by atoms with Gasteiger partial charge in [0, 0.05) is 35.5 Å². The fraction of sp³-hybridized carbons (Fsp3) is 0.400. The molecule has 2 heterocycles. The summed E-state index contributed by atoms with van der Waals surface area (Å²) in [5.74, 6) is 0. The molecule has 24 heavy (non-hydrogen) atoms. The number of nitrogens with one attached hydrogen (secondary N) is 1. The average molecular weight is 378 g/mol. The Morgan fingerprint density at radius 1 is 1.25 bits per heavy atom. The molecule has 0 saturated carbocycles. The summed E-state index contributed by atoms with van der Waals surface area (Å²) in [5.41, 5.74) is 0.283. The third-order valence-electron chi connectivity index (χ3n) is 3.61. The quantitative estimate of drug-likeness (QED) is 0.863. The number of benzene rings is 1. The Kier molecular flexibility index (Phi) is 5.17. The number of hydrogen-bond acceptors (Lipinski definition) is 5. The first kappa shape index (κ1) is 17.3. The molecule has 1 fully saturated rings. The van der Waals surface area contributed by atoms with Crippen LogP contribution in [-0.2, 0) is 17.5 Å². The lowest BCUT2D eigenvalue weighted by molar-refractivity contribution is -0.137. The van der Waals surface area contributed by atoms with Gasteiger partial charge in [0.05, 0.1) is 25.3 Å². The van der Waals surface area contributed by atoms with E-state index >= 15 is 0 Å². The normalized spacial score (nSPS) is 15.6. The number of morpholine rings is 1. The molecule has 130 valence electrons. The second-order valence-corrected chi connectivity index (χ2v) is 7.00. The highest BCUT2D eigenvalue weighted by Crippen LogP contribution is 2.35. The van der Waals surface area contributed by atoms with E-state index in [2.05, 4.69) is 10.3 Å². The van der Waals surface area contributed by atoms with Gasteiger partial charge in [0.1, 0.15) is 0 Å². The Labute approximate surface area is 146 Å². The van der Waals surface area contributed by atoms with Gasteiger partial charge in [0.2, 0.25) is 0 Å². The van der Waals surface area contributed by atoms with Crippen molar-refractivity contribution in [2.75, 3.05) is 36.5 Å². The van der Waals surface area contributed by atoms with Crippen LogP contribution >= 0.6 is 22.9 Å². The van der Waals surface area contributed by atoms with E-state index in [0.717, 1.165) is 10.9 Å². The zero-order valence-corrected chi connectivity index (χ0v) is 14.1. The third kappa shape index (κ3) is 4.31. The van der Waals surface area contributed by atoms with Crippen LogP contribution in [0.1, 0.15) is 10.4 Å². The van der Waals surface area contributed by atoms with Crippen LogP contribution in [0.25, 0.3) is 0 Å². The molecule has 0 radical (unpaired) electrons. The Hall–Kier alpha value is -1.51. The number of aromatic nitrogens is 1. The number of halogens is 4. The number of ether oxygens (including phenoxy) is 1. The Balaban J connectivity index is 1.83. The zero-order valence-electron chi connectivity index (χ0n) is 12.6. The number of anilines is 2. The highest BCUT2D eigenvalue weighted by Gasteiger charge is 2.32. The van der Waals surface area contributed by atoms with Crippen molar-refractivity contribution in [1.29, 1.82) is 0 Å². The number of alkyl halides is 3. The Morgan fingerprint density at radius 3 is 2.62 bits per heavy atom. The van der Waals surface area contributed by atoms with Crippen molar-refractivity contribution < 1.29 is 17.9 Å². The summed E-state index contributed by atoms with van der Waals surface area (Å²) in [7, 11) is 0. The lowest BCUT2D eigenvalue weighted by Crippen LogP contribution is -2.36. The van der Waals surface area contributed by atoms with Gasteiger partial charge in [0.25, 0.3) is 0 Å². The molecule has 1 N–H and O–H groups in total. The van der Waals surface area contributed by atoms with Crippen molar-refractivity contribution in [1.82, 2.24) is 4.98 Å². The summed E-state index contributed by atoms with van der Waals surface area (Å²) in [6.45, 7) is 2.54. The summed E-state index contributed by atoms with van der Waals surface area (Å²) in [5, 5.41) is 3.02. The van der Waals surface area contributed by atoms with Crippen LogP contribution in [0.5, 0.6) is 0 Å². The van der Waals surface area contributed by atoms with Crippen molar-refractivity contribution in [3.63, 3.8) is 0 Å². The van der Waals surface area contributed by atoms with E-state index in [4.69, 9.17) is 16.3 Å². The molecule has 1 aromatic carbocycles. The molecule has 1 aliphatic heterocycles. The predicted octanol–water partition coefficient (Wildman–Crippen LogP) is 4.26. The fourth-order valence-corrected chi connectivity index (χ4v) is 3.35. The second kappa shape index (κ2) is 7.16. The van der Waals surface area contributed by atoms with E-state index in [9.17, 15) is 13.2 Å². The van der Waals surface area contributed by atoms with Crippen LogP contribution in [-0.4, -0.2) is 31.3 Å². The number of rotatable bonds is 4. The van der Waals surface area contributed by atoms with E-state index < -0.39 is 11.7 Å². The maximum atomic E-state index is 13.2. The number of hydrogen-bond donors (Lipinski definition) is 1. The van der Waals surface area contributed by atoms with Crippen LogP contribution in [0, 0.1) is 0 Å². The van der Waals surface area contributed by atoms with Gasteiger partial charge in [-0.05, 0) is 18.2 Å². The molecule has 0 amide bonds. The molecule has 0 bridgehead atoms. The minimum absolute atomic E-state index is 0.369. The van der Waals surface area contributed by atoms with E-state index in [0.29, 0.717) is 48.7 Å². The van der Waals surface area contributed by atoms with Crippen LogP contribution in [0.2, 0.25) is 4.47 Å². The lowest BCUT2D eigenvalue weighted by Gasteiger charge is -2.30. The van der Waals surface area contributed by atoms with Gasteiger partial charge in [-0.2, -0.15) is 13.2 Å². The van der Waals surface area contributed by atoms with E-state index in [1.807, 2.05) is 4.90 Å². The van der Waals surface area contributed by atoms with Gasteiger partial charge in [0.15, 0.2) is 4.47 Å². The zero-order chi connectivity index (χ0) is 17.2. The molecule has 1 saturated heterocycles. The minimum atomic E-state index is -4.40. The molecule has 9 heteroatoms. The van der Waals surface area contributed by atoms with Gasteiger partial charge < -0.3 is 15.0 Å². The van der Waals surface area contributed by atoms with Crippen molar-refractivity contribution in [2.24, 2.45) is 0 Å². The molecule has 0 atom stereocenters.